The topological polar surface area (TPSA) is 66.8 Å². The van der Waals surface area contributed by atoms with Gasteiger partial charge in [-0.25, -0.2) is 4.98 Å². The minimum Gasteiger partial charge on any atom is -0.342 e. The number of H-pyrrole nitrogens is 1. The van der Waals surface area contributed by atoms with Gasteiger partial charge in [0.05, 0.1) is 28.1 Å². The van der Waals surface area contributed by atoms with Crippen LogP contribution in [0.2, 0.25) is 0 Å². The molecule has 0 bridgehead atoms. The summed E-state index contributed by atoms with van der Waals surface area (Å²) in [6.45, 7) is 4.21. The summed E-state index contributed by atoms with van der Waals surface area (Å²) in [6.07, 6.45) is 2.03. The van der Waals surface area contributed by atoms with E-state index < -0.39 is 0 Å². The molecule has 5 aromatic rings. The highest BCUT2D eigenvalue weighted by Gasteiger charge is 2.29. The summed E-state index contributed by atoms with van der Waals surface area (Å²) in [5.74, 6) is 1.34. The van der Waals surface area contributed by atoms with E-state index in [4.69, 9.17) is 10.1 Å². The second kappa shape index (κ2) is 8.15. The van der Waals surface area contributed by atoms with Gasteiger partial charge < -0.3 is 9.88 Å². The number of carbonyl (C=O) groups is 1. The summed E-state index contributed by atoms with van der Waals surface area (Å²) in [5, 5.41) is 5.79. The van der Waals surface area contributed by atoms with Crippen LogP contribution >= 0.6 is 11.3 Å². The second-order valence-electron chi connectivity index (χ2n) is 8.79. The minimum absolute atomic E-state index is 0.114. The Hall–Kier alpha value is -3.45. The summed E-state index contributed by atoms with van der Waals surface area (Å²) in [6, 6.07) is 20.4. The first kappa shape index (κ1) is 20.2. The number of aromatic nitrogens is 4. The molecule has 1 aliphatic heterocycles. The lowest BCUT2D eigenvalue weighted by Crippen LogP contribution is -2.39. The van der Waals surface area contributed by atoms with Crippen molar-refractivity contribution in [2.24, 2.45) is 0 Å². The van der Waals surface area contributed by atoms with Crippen LogP contribution in [0.3, 0.4) is 0 Å². The van der Waals surface area contributed by atoms with Crippen molar-refractivity contribution in [3.05, 3.63) is 82.6 Å². The number of benzene rings is 2. The smallest absolute Gasteiger partial charge is 0.264 e. The highest BCUT2D eigenvalue weighted by atomic mass is 32.1. The van der Waals surface area contributed by atoms with E-state index in [0.717, 1.165) is 57.0 Å². The molecule has 3 aromatic heterocycles. The summed E-state index contributed by atoms with van der Waals surface area (Å²) in [7, 11) is 0. The molecule has 4 heterocycles. The van der Waals surface area contributed by atoms with Crippen LogP contribution in [-0.2, 0) is 6.54 Å². The first-order chi connectivity index (χ1) is 16.2. The SMILES string of the molecule is Cc1nn(Cc2ccccc2)c2sc(C(=O)N3CCCC(c4nc5ccccc5[nH]4)C3)cc12. The molecule has 7 heteroatoms. The van der Waals surface area contributed by atoms with Crippen LogP contribution in [0.15, 0.2) is 60.7 Å². The Kier molecular flexibility index (Phi) is 4.99. The van der Waals surface area contributed by atoms with E-state index >= 15 is 0 Å². The lowest BCUT2D eigenvalue weighted by molar-refractivity contribution is 0.0710. The molecule has 1 atom stereocenters. The first-order valence-electron chi connectivity index (χ1n) is 11.4. The van der Waals surface area contributed by atoms with E-state index in [0.29, 0.717) is 13.1 Å². The lowest BCUT2D eigenvalue weighted by Gasteiger charge is -2.31. The van der Waals surface area contributed by atoms with Crippen molar-refractivity contribution in [2.75, 3.05) is 13.1 Å². The van der Waals surface area contributed by atoms with Crippen LogP contribution < -0.4 is 0 Å². The maximum atomic E-state index is 13.5. The van der Waals surface area contributed by atoms with Gasteiger partial charge in [0.15, 0.2) is 0 Å². The number of hydrogen-bond donors (Lipinski definition) is 1. The van der Waals surface area contributed by atoms with E-state index in [1.54, 1.807) is 11.3 Å². The average Bonchev–Trinajstić information content (AvgIpc) is 3.55. The zero-order chi connectivity index (χ0) is 22.4. The monoisotopic (exact) mass is 455 g/mol. The molecule has 1 aliphatic rings. The minimum atomic E-state index is 0.114. The molecule has 1 amide bonds. The van der Waals surface area contributed by atoms with Gasteiger partial charge in [0.25, 0.3) is 5.91 Å². The third-order valence-electron chi connectivity index (χ3n) is 6.50. The summed E-state index contributed by atoms with van der Waals surface area (Å²) in [5.41, 5.74) is 4.21. The van der Waals surface area contributed by atoms with E-state index in [1.165, 1.54) is 5.56 Å². The van der Waals surface area contributed by atoms with Crippen molar-refractivity contribution >= 4 is 38.5 Å². The van der Waals surface area contributed by atoms with Crippen molar-refractivity contribution in [1.82, 2.24) is 24.6 Å². The number of piperidine rings is 1. The Labute approximate surface area is 195 Å². The third-order valence-corrected chi connectivity index (χ3v) is 7.63. The number of hydrogen-bond acceptors (Lipinski definition) is 4. The van der Waals surface area contributed by atoms with Gasteiger partial charge in [-0.1, -0.05) is 42.5 Å². The van der Waals surface area contributed by atoms with Crippen LogP contribution in [0.4, 0.5) is 0 Å². The molecule has 1 fully saturated rings. The number of nitrogens with zero attached hydrogens (tertiary/aromatic N) is 4. The molecule has 33 heavy (non-hydrogen) atoms. The maximum absolute atomic E-state index is 13.5. The number of fused-ring (bicyclic) bond motifs is 2. The number of rotatable bonds is 4. The Morgan fingerprint density at radius 1 is 1.15 bits per heavy atom. The average molecular weight is 456 g/mol. The fraction of sp³-hybridized carbons (Fsp3) is 0.269. The normalized spacial score (nSPS) is 16.6. The molecule has 1 unspecified atom stereocenters. The van der Waals surface area contributed by atoms with Crippen molar-refractivity contribution in [1.29, 1.82) is 0 Å². The largest absolute Gasteiger partial charge is 0.342 e. The van der Waals surface area contributed by atoms with Crippen molar-refractivity contribution in [3.8, 4) is 0 Å². The molecule has 1 N–H and O–H groups in total. The van der Waals surface area contributed by atoms with E-state index in [-0.39, 0.29) is 11.8 Å². The van der Waals surface area contributed by atoms with E-state index in [2.05, 4.69) is 23.2 Å². The second-order valence-corrected chi connectivity index (χ2v) is 9.82. The Morgan fingerprint density at radius 3 is 2.82 bits per heavy atom. The molecule has 1 saturated heterocycles. The molecule has 0 saturated carbocycles. The fourth-order valence-corrected chi connectivity index (χ4v) is 5.92. The molecular formula is C26H25N5OS. The van der Waals surface area contributed by atoms with Gasteiger partial charge in [0.2, 0.25) is 0 Å². The van der Waals surface area contributed by atoms with Crippen molar-refractivity contribution in [3.63, 3.8) is 0 Å². The van der Waals surface area contributed by atoms with Gasteiger partial charge in [0, 0.05) is 24.4 Å². The molecule has 6 nitrogen and oxygen atoms in total. The Bertz CT molecular complexity index is 1410. The lowest BCUT2D eigenvalue weighted by atomic mass is 9.97. The maximum Gasteiger partial charge on any atom is 0.264 e. The molecule has 6 rings (SSSR count). The van der Waals surface area contributed by atoms with Gasteiger partial charge in [-0.15, -0.1) is 11.3 Å². The van der Waals surface area contributed by atoms with E-state index in [1.807, 2.05) is 59.0 Å². The zero-order valence-electron chi connectivity index (χ0n) is 18.5. The Balaban J connectivity index is 1.25. The fourth-order valence-electron chi connectivity index (χ4n) is 4.79. The molecule has 0 radical (unpaired) electrons. The number of nitrogens with one attached hydrogen (secondary N) is 1. The van der Waals surface area contributed by atoms with Crippen LogP contribution in [0.1, 0.15) is 45.5 Å². The molecular weight excluding hydrogens is 430 g/mol. The number of aryl methyl sites for hydroxylation is 1. The number of carbonyl (C=O) groups excluding carboxylic acids is 1. The van der Waals surface area contributed by atoms with Gasteiger partial charge in [-0.2, -0.15) is 5.10 Å². The quantitative estimate of drug-likeness (QED) is 0.397. The standard InChI is InChI=1S/C26H25N5OS/c1-17-20-14-23(33-26(20)31(29-17)15-18-8-3-2-4-9-18)25(32)30-13-7-10-19(16-30)24-27-21-11-5-6-12-22(21)28-24/h2-6,8-9,11-12,14,19H,7,10,13,15-16H2,1H3,(H,27,28). The molecule has 166 valence electrons. The zero-order valence-corrected chi connectivity index (χ0v) is 19.3. The third kappa shape index (κ3) is 3.72. The number of aromatic amines is 1. The predicted octanol–water partition coefficient (Wildman–Crippen LogP) is 5.35. The van der Waals surface area contributed by atoms with Crippen LogP contribution in [0.25, 0.3) is 21.3 Å². The number of thiophene rings is 1. The molecule has 2 aromatic carbocycles. The molecule has 0 spiro atoms. The van der Waals surface area contributed by atoms with Gasteiger partial charge in [-0.05, 0) is 43.5 Å². The Morgan fingerprint density at radius 2 is 1.97 bits per heavy atom. The van der Waals surface area contributed by atoms with Crippen molar-refractivity contribution in [2.45, 2.75) is 32.2 Å². The predicted molar refractivity (Wildman–Crippen MR) is 132 cm³/mol. The number of likely N-dealkylation sites (tertiary alicyclic amines) is 1. The number of para-hydroxylation sites is 2. The summed E-state index contributed by atoms with van der Waals surface area (Å²) < 4.78 is 2.02. The highest BCUT2D eigenvalue weighted by molar-refractivity contribution is 7.20. The van der Waals surface area contributed by atoms with Crippen LogP contribution in [0.5, 0.6) is 0 Å². The van der Waals surface area contributed by atoms with Crippen molar-refractivity contribution < 1.29 is 4.79 Å². The van der Waals surface area contributed by atoms with Gasteiger partial charge in [-0.3, -0.25) is 9.48 Å². The number of amides is 1. The van der Waals surface area contributed by atoms with E-state index in [9.17, 15) is 4.79 Å². The summed E-state index contributed by atoms with van der Waals surface area (Å²) >= 11 is 1.55. The summed E-state index contributed by atoms with van der Waals surface area (Å²) in [4.78, 5) is 25.6. The van der Waals surface area contributed by atoms with Crippen LogP contribution in [-0.4, -0.2) is 43.6 Å². The number of imidazole rings is 1. The van der Waals surface area contributed by atoms with Gasteiger partial charge >= 0.3 is 0 Å². The first-order valence-corrected chi connectivity index (χ1v) is 12.2. The van der Waals surface area contributed by atoms with Crippen LogP contribution in [0, 0.1) is 6.92 Å². The molecule has 0 aliphatic carbocycles. The highest BCUT2D eigenvalue weighted by Crippen LogP contribution is 2.32. The van der Waals surface area contributed by atoms with Gasteiger partial charge in [0.1, 0.15) is 10.7 Å².